The fraction of sp³-hybridized carbons (Fsp3) is 0.300. The van der Waals surface area contributed by atoms with Crippen molar-refractivity contribution in [3.8, 4) is 5.82 Å². The van der Waals surface area contributed by atoms with Crippen molar-refractivity contribution < 1.29 is 9.53 Å². The van der Waals surface area contributed by atoms with Crippen molar-refractivity contribution in [1.29, 1.82) is 0 Å². The average molecular weight is 350 g/mol. The molecule has 0 unspecified atom stereocenters. The van der Waals surface area contributed by atoms with Crippen LogP contribution in [0.1, 0.15) is 48.1 Å². The van der Waals surface area contributed by atoms with Crippen molar-refractivity contribution in [1.82, 2.24) is 19.7 Å². The highest BCUT2D eigenvalue weighted by molar-refractivity contribution is 5.88. The Morgan fingerprint density at radius 3 is 2.69 bits per heavy atom. The summed E-state index contributed by atoms with van der Waals surface area (Å²) in [7, 11) is 0. The van der Waals surface area contributed by atoms with Crippen LogP contribution in [0.5, 0.6) is 0 Å². The molecule has 0 fully saturated rings. The number of hydrogen-bond acceptors (Lipinski definition) is 5. The van der Waals surface area contributed by atoms with Crippen LogP contribution in [0.4, 0.5) is 0 Å². The predicted octanol–water partition coefficient (Wildman–Crippen LogP) is 3.63. The van der Waals surface area contributed by atoms with Gasteiger partial charge in [-0.15, -0.1) is 0 Å². The van der Waals surface area contributed by atoms with E-state index in [0.29, 0.717) is 11.5 Å². The number of esters is 1. The van der Waals surface area contributed by atoms with Crippen molar-refractivity contribution in [2.45, 2.75) is 39.7 Å². The van der Waals surface area contributed by atoms with Gasteiger partial charge in [-0.25, -0.2) is 14.5 Å². The normalized spacial score (nSPS) is 11.4. The van der Waals surface area contributed by atoms with Crippen molar-refractivity contribution in [2.24, 2.45) is 0 Å². The lowest BCUT2D eigenvalue weighted by Gasteiger charge is -2.19. The van der Waals surface area contributed by atoms with Gasteiger partial charge in [-0.2, -0.15) is 5.10 Å². The van der Waals surface area contributed by atoms with Gasteiger partial charge in [0.1, 0.15) is 6.61 Å². The van der Waals surface area contributed by atoms with E-state index in [1.807, 2.05) is 31.3 Å². The third kappa shape index (κ3) is 3.96. The van der Waals surface area contributed by atoms with Gasteiger partial charge in [-0.3, -0.25) is 4.98 Å². The van der Waals surface area contributed by atoms with Crippen molar-refractivity contribution in [3.63, 3.8) is 0 Å². The molecule has 0 aliphatic carbocycles. The van der Waals surface area contributed by atoms with Gasteiger partial charge in [0.05, 0.1) is 5.69 Å². The summed E-state index contributed by atoms with van der Waals surface area (Å²) in [5.74, 6) is 0.126. The molecule has 0 atom stereocenters. The summed E-state index contributed by atoms with van der Waals surface area (Å²) in [5.41, 5.74) is 3.01. The Labute approximate surface area is 152 Å². The fourth-order valence-corrected chi connectivity index (χ4v) is 2.50. The zero-order valence-electron chi connectivity index (χ0n) is 15.4. The number of hydrogen-bond donors (Lipinski definition) is 0. The Hall–Kier alpha value is -3.02. The standard InChI is InChI=1S/C20H22N4O2/c1-14-9-17(24(23-14)18-7-5-6-8-22-18)19(25)26-13-15-10-16(12-21-11-15)20(2,3)4/h5-12H,13H2,1-4H3. The summed E-state index contributed by atoms with van der Waals surface area (Å²) in [6.45, 7) is 8.34. The second-order valence-corrected chi connectivity index (χ2v) is 7.18. The third-order valence-electron chi connectivity index (χ3n) is 3.94. The smallest absolute Gasteiger partial charge is 0.357 e. The Balaban J connectivity index is 1.78. The summed E-state index contributed by atoms with van der Waals surface area (Å²) in [6, 6.07) is 9.16. The molecular formula is C20H22N4O2. The van der Waals surface area contributed by atoms with E-state index < -0.39 is 5.97 Å². The molecule has 0 N–H and O–H groups in total. The van der Waals surface area contributed by atoms with Gasteiger partial charge in [0.2, 0.25) is 0 Å². The minimum Gasteiger partial charge on any atom is -0.456 e. The van der Waals surface area contributed by atoms with Crippen LogP contribution in [0.25, 0.3) is 5.82 Å². The molecule has 0 aliphatic rings. The minimum absolute atomic E-state index is 0.0122. The molecule has 0 radical (unpaired) electrons. The summed E-state index contributed by atoms with van der Waals surface area (Å²) in [4.78, 5) is 21.1. The van der Waals surface area contributed by atoms with E-state index in [1.165, 1.54) is 4.68 Å². The van der Waals surface area contributed by atoms with Gasteiger partial charge in [0, 0.05) is 24.2 Å². The molecule has 3 heterocycles. The molecule has 26 heavy (non-hydrogen) atoms. The summed E-state index contributed by atoms with van der Waals surface area (Å²) in [6.07, 6.45) is 5.21. The number of carbonyl (C=O) groups excluding carboxylic acids is 1. The molecule has 0 saturated heterocycles. The second kappa shape index (κ2) is 7.07. The van der Waals surface area contributed by atoms with Crippen molar-refractivity contribution >= 4 is 5.97 Å². The number of pyridine rings is 2. The number of ether oxygens (including phenoxy) is 1. The lowest BCUT2D eigenvalue weighted by molar-refractivity contribution is 0.0461. The highest BCUT2D eigenvalue weighted by Gasteiger charge is 2.18. The largest absolute Gasteiger partial charge is 0.456 e. The van der Waals surface area contributed by atoms with Gasteiger partial charge < -0.3 is 4.74 Å². The van der Waals surface area contributed by atoms with Crippen molar-refractivity contribution in [3.05, 3.63) is 71.4 Å². The molecule has 0 amide bonds. The van der Waals surface area contributed by atoms with Gasteiger partial charge in [-0.1, -0.05) is 26.8 Å². The number of aromatic nitrogens is 4. The maximum absolute atomic E-state index is 12.6. The van der Waals surface area contributed by atoms with E-state index in [4.69, 9.17) is 4.74 Å². The maximum Gasteiger partial charge on any atom is 0.357 e. The van der Waals surface area contributed by atoms with Gasteiger partial charge in [0.25, 0.3) is 0 Å². The zero-order valence-corrected chi connectivity index (χ0v) is 15.4. The fourth-order valence-electron chi connectivity index (χ4n) is 2.50. The van der Waals surface area contributed by atoms with Crippen LogP contribution in [0.3, 0.4) is 0 Å². The van der Waals surface area contributed by atoms with Gasteiger partial charge in [-0.05, 0) is 42.2 Å². The molecule has 6 nitrogen and oxygen atoms in total. The van der Waals surface area contributed by atoms with Crippen LogP contribution in [-0.4, -0.2) is 25.7 Å². The number of nitrogens with zero attached hydrogens (tertiary/aromatic N) is 4. The van der Waals surface area contributed by atoms with E-state index in [-0.39, 0.29) is 12.0 Å². The van der Waals surface area contributed by atoms with Crippen LogP contribution in [0.15, 0.2) is 48.9 Å². The number of aryl methyl sites for hydroxylation is 1. The SMILES string of the molecule is Cc1cc(C(=O)OCc2cncc(C(C)(C)C)c2)n(-c2ccccn2)n1. The first-order valence-electron chi connectivity index (χ1n) is 8.44. The molecule has 3 aromatic rings. The Kier molecular flexibility index (Phi) is 4.84. The predicted molar refractivity (Wildman–Crippen MR) is 98.2 cm³/mol. The van der Waals surface area contributed by atoms with Crippen LogP contribution in [0.2, 0.25) is 0 Å². The Morgan fingerprint density at radius 2 is 2.00 bits per heavy atom. The second-order valence-electron chi connectivity index (χ2n) is 7.18. The lowest BCUT2D eigenvalue weighted by atomic mass is 9.88. The molecule has 134 valence electrons. The molecule has 3 aromatic heterocycles. The van der Waals surface area contributed by atoms with Crippen LogP contribution in [0, 0.1) is 6.92 Å². The van der Waals surface area contributed by atoms with Crippen LogP contribution < -0.4 is 0 Å². The molecule has 3 rings (SSSR count). The lowest BCUT2D eigenvalue weighted by Crippen LogP contribution is -2.14. The van der Waals surface area contributed by atoms with E-state index in [9.17, 15) is 4.79 Å². The van der Waals surface area contributed by atoms with Crippen LogP contribution >= 0.6 is 0 Å². The molecular weight excluding hydrogens is 328 g/mol. The quantitative estimate of drug-likeness (QED) is 0.672. The topological polar surface area (TPSA) is 69.9 Å². The highest BCUT2D eigenvalue weighted by atomic mass is 16.5. The van der Waals surface area contributed by atoms with Gasteiger partial charge in [0.15, 0.2) is 11.5 Å². The summed E-state index contributed by atoms with van der Waals surface area (Å²) < 4.78 is 6.99. The first-order valence-corrected chi connectivity index (χ1v) is 8.44. The van der Waals surface area contributed by atoms with Crippen molar-refractivity contribution in [2.75, 3.05) is 0 Å². The van der Waals surface area contributed by atoms with Crippen LogP contribution in [-0.2, 0) is 16.8 Å². The minimum atomic E-state index is -0.447. The third-order valence-corrected chi connectivity index (χ3v) is 3.94. The molecule has 0 aromatic carbocycles. The molecule has 0 saturated carbocycles. The zero-order chi connectivity index (χ0) is 18.7. The first kappa shape index (κ1) is 17.8. The molecule has 0 spiro atoms. The van der Waals surface area contributed by atoms with Gasteiger partial charge >= 0.3 is 5.97 Å². The average Bonchev–Trinajstić information content (AvgIpc) is 3.02. The van der Waals surface area contributed by atoms with E-state index >= 15 is 0 Å². The summed E-state index contributed by atoms with van der Waals surface area (Å²) >= 11 is 0. The number of carbonyl (C=O) groups is 1. The highest BCUT2D eigenvalue weighted by Crippen LogP contribution is 2.22. The molecule has 0 aliphatic heterocycles. The first-order chi connectivity index (χ1) is 12.3. The molecule has 6 heteroatoms. The van der Waals surface area contributed by atoms with E-state index in [1.54, 1.807) is 24.5 Å². The maximum atomic E-state index is 12.6. The van der Waals surface area contributed by atoms with E-state index in [2.05, 4.69) is 35.8 Å². The monoisotopic (exact) mass is 350 g/mol. The molecule has 0 bridgehead atoms. The summed E-state index contributed by atoms with van der Waals surface area (Å²) in [5, 5.41) is 4.34. The Morgan fingerprint density at radius 1 is 1.19 bits per heavy atom. The number of rotatable bonds is 4. The van der Waals surface area contributed by atoms with E-state index in [0.717, 1.165) is 16.8 Å². The Bertz CT molecular complexity index is 911.